The Morgan fingerprint density at radius 1 is 1.00 bits per heavy atom. The molecule has 3 rings (SSSR count). The van der Waals surface area contributed by atoms with Gasteiger partial charge in [-0.25, -0.2) is 0 Å². The van der Waals surface area contributed by atoms with Crippen LogP contribution in [0.5, 0.6) is 5.75 Å². The van der Waals surface area contributed by atoms with Crippen LogP contribution in [0.2, 0.25) is 0 Å². The number of benzene rings is 2. The van der Waals surface area contributed by atoms with E-state index < -0.39 is 5.60 Å². The summed E-state index contributed by atoms with van der Waals surface area (Å²) in [4.78, 5) is 24.9. The molecule has 4 nitrogen and oxygen atoms in total. The average molecular weight is 390 g/mol. The van der Waals surface area contributed by atoms with E-state index in [9.17, 15) is 14.7 Å². The van der Waals surface area contributed by atoms with Gasteiger partial charge in [0.1, 0.15) is 18.0 Å². The molecule has 0 aliphatic heterocycles. The van der Waals surface area contributed by atoms with E-state index in [1.807, 2.05) is 37.3 Å². The van der Waals surface area contributed by atoms with Crippen LogP contribution in [0, 0.1) is 11.8 Å². The Bertz CT molecular complexity index is 946. The minimum Gasteiger partial charge on any atom is -0.489 e. The molecule has 2 aromatic rings. The van der Waals surface area contributed by atoms with Crippen molar-refractivity contribution in [2.75, 3.05) is 0 Å². The molecule has 0 spiro atoms. The number of hydrogen-bond acceptors (Lipinski definition) is 4. The third-order valence-electron chi connectivity index (χ3n) is 5.00. The minimum absolute atomic E-state index is 0.0995. The molecule has 0 amide bonds. The van der Waals surface area contributed by atoms with Crippen LogP contribution in [0.1, 0.15) is 47.1 Å². The smallest absolute Gasteiger partial charge is 0.193 e. The van der Waals surface area contributed by atoms with E-state index in [0.717, 1.165) is 5.56 Å². The van der Waals surface area contributed by atoms with Crippen LogP contribution in [0.15, 0.2) is 72.8 Å². The molecule has 2 unspecified atom stereocenters. The lowest BCUT2D eigenvalue weighted by atomic mass is 9.84. The number of carbonyl (C=O) groups excluding carboxylic acids is 2. The van der Waals surface area contributed by atoms with E-state index in [2.05, 4.69) is 0 Å². The summed E-state index contributed by atoms with van der Waals surface area (Å²) >= 11 is 0. The van der Waals surface area contributed by atoms with Crippen molar-refractivity contribution in [1.29, 1.82) is 0 Å². The van der Waals surface area contributed by atoms with Gasteiger partial charge in [0.15, 0.2) is 11.6 Å². The highest BCUT2D eigenvalue weighted by Crippen LogP contribution is 2.25. The highest BCUT2D eigenvalue weighted by molar-refractivity contribution is 6.01. The molecule has 0 aromatic heterocycles. The van der Waals surface area contributed by atoms with Gasteiger partial charge in [0, 0.05) is 17.0 Å². The standard InChI is InChI=1S/C25H26O4/c1-17-7-4-5-10-22(17)23(26)19-11-13-21(14-12-19)29-16-18-8-6-9-20(15-18)24(27)25(2,3)28/h4-15,17,22,28H,16H2,1-3H3. The Balaban J connectivity index is 1.64. The molecule has 2 atom stereocenters. The zero-order valence-electron chi connectivity index (χ0n) is 17.0. The first kappa shape index (κ1) is 20.7. The Morgan fingerprint density at radius 2 is 1.69 bits per heavy atom. The number of ether oxygens (including phenoxy) is 1. The zero-order chi connectivity index (χ0) is 21.0. The molecule has 1 aliphatic carbocycles. The molecule has 4 heteroatoms. The van der Waals surface area contributed by atoms with Gasteiger partial charge in [-0.1, -0.05) is 49.4 Å². The SMILES string of the molecule is CC1C=CC=CC1C(=O)c1ccc(OCc2cccc(C(=O)C(C)(C)O)c2)cc1. The van der Waals surface area contributed by atoms with Gasteiger partial charge in [0.05, 0.1) is 0 Å². The Morgan fingerprint density at radius 3 is 2.34 bits per heavy atom. The predicted molar refractivity (Wildman–Crippen MR) is 113 cm³/mol. The summed E-state index contributed by atoms with van der Waals surface area (Å²) in [5.41, 5.74) is 0.520. The summed E-state index contributed by atoms with van der Waals surface area (Å²) < 4.78 is 5.80. The molecule has 2 aromatic carbocycles. The number of carbonyl (C=O) groups is 2. The fraction of sp³-hybridized carbons (Fsp3) is 0.280. The van der Waals surface area contributed by atoms with Gasteiger partial charge in [-0.3, -0.25) is 9.59 Å². The Labute approximate surface area is 171 Å². The first-order valence-electron chi connectivity index (χ1n) is 9.74. The van der Waals surface area contributed by atoms with Crippen LogP contribution in [0.3, 0.4) is 0 Å². The van der Waals surface area contributed by atoms with Gasteiger partial charge in [-0.15, -0.1) is 0 Å². The molecule has 1 N–H and O–H groups in total. The molecule has 0 fully saturated rings. The summed E-state index contributed by atoms with van der Waals surface area (Å²) in [6.45, 7) is 5.27. The predicted octanol–water partition coefficient (Wildman–Crippen LogP) is 4.78. The van der Waals surface area contributed by atoms with E-state index in [-0.39, 0.29) is 30.0 Å². The minimum atomic E-state index is -1.41. The van der Waals surface area contributed by atoms with Crippen molar-refractivity contribution < 1.29 is 19.4 Å². The van der Waals surface area contributed by atoms with Gasteiger partial charge in [0.2, 0.25) is 0 Å². The summed E-state index contributed by atoms with van der Waals surface area (Å²) in [6, 6.07) is 14.2. The normalized spacial score (nSPS) is 18.5. The number of hydrogen-bond donors (Lipinski definition) is 1. The second kappa shape index (κ2) is 8.58. The van der Waals surface area contributed by atoms with Gasteiger partial charge < -0.3 is 9.84 Å². The quantitative estimate of drug-likeness (QED) is 0.691. The maximum absolute atomic E-state index is 12.7. The summed E-state index contributed by atoms with van der Waals surface area (Å²) in [6.07, 6.45) is 7.86. The van der Waals surface area contributed by atoms with Crippen LogP contribution in [0.4, 0.5) is 0 Å². The second-order valence-electron chi connectivity index (χ2n) is 7.92. The van der Waals surface area contributed by atoms with Crippen LogP contribution in [-0.4, -0.2) is 22.3 Å². The average Bonchev–Trinajstić information content (AvgIpc) is 2.71. The van der Waals surface area contributed by atoms with E-state index in [1.54, 1.807) is 42.5 Å². The number of allylic oxidation sites excluding steroid dienone is 4. The summed E-state index contributed by atoms with van der Waals surface area (Å²) in [5.74, 6) is 0.462. The summed E-state index contributed by atoms with van der Waals surface area (Å²) in [5, 5.41) is 9.90. The molecule has 0 saturated carbocycles. The van der Waals surface area contributed by atoms with Crippen LogP contribution in [-0.2, 0) is 6.61 Å². The molecule has 150 valence electrons. The van der Waals surface area contributed by atoms with Crippen molar-refractivity contribution in [2.24, 2.45) is 11.8 Å². The van der Waals surface area contributed by atoms with E-state index in [0.29, 0.717) is 16.9 Å². The van der Waals surface area contributed by atoms with Gasteiger partial charge in [-0.05, 0) is 55.7 Å². The molecule has 1 aliphatic rings. The van der Waals surface area contributed by atoms with Gasteiger partial charge >= 0.3 is 0 Å². The maximum atomic E-state index is 12.7. The fourth-order valence-electron chi connectivity index (χ4n) is 3.27. The topological polar surface area (TPSA) is 63.6 Å². The number of rotatable bonds is 7. The van der Waals surface area contributed by atoms with Crippen LogP contribution in [0.25, 0.3) is 0 Å². The summed E-state index contributed by atoms with van der Waals surface area (Å²) in [7, 11) is 0. The van der Waals surface area contributed by atoms with Crippen molar-refractivity contribution in [2.45, 2.75) is 33.0 Å². The van der Waals surface area contributed by atoms with Crippen molar-refractivity contribution in [3.8, 4) is 5.75 Å². The Kier molecular flexibility index (Phi) is 6.14. The highest BCUT2D eigenvalue weighted by Gasteiger charge is 2.25. The second-order valence-corrected chi connectivity index (χ2v) is 7.92. The molecular formula is C25H26O4. The molecule has 0 bridgehead atoms. The van der Waals surface area contributed by atoms with E-state index >= 15 is 0 Å². The molecule has 0 heterocycles. The third kappa shape index (κ3) is 5.09. The first-order chi connectivity index (χ1) is 13.8. The molecule has 0 saturated heterocycles. The monoisotopic (exact) mass is 390 g/mol. The van der Waals surface area contributed by atoms with Gasteiger partial charge in [-0.2, -0.15) is 0 Å². The molecule has 0 radical (unpaired) electrons. The van der Waals surface area contributed by atoms with Crippen molar-refractivity contribution >= 4 is 11.6 Å². The van der Waals surface area contributed by atoms with Crippen LogP contribution < -0.4 is 4.74 Å². The molecular weight excluding hydrogens is 364 g/mol. The lowest BCUT2D eigenvalue weighted by molar-refractivity contribution is 0.0488. The Hall–Kier alpha value is -2.98. The zero-order valence-corrected chi connectivity index (χ0v) is 17.0. The van der Waals surface area contributed by atoms with Crippen molar-refractivity contribution in [3.63, 3.8) is 0 Å². The largest absolute Gasteiger partial charge is 0.489 e. The van der Waals surface area contributed by atoms with E-state index in [4.69, 9.17) is 4.74 Å². The van der Waals surface area contributed by atoms with Crippen LogP contribution >= 0.6 is 0 Å². The fourth-order valence-corrected chi connectivity index (χ4v) is 3.27. The lowest BCUT2D eigenvalue weighted by Gasteiger charge is -2.19. The first-order valence-corrected chi connectivity index (χ1v) is 9.74. The number of Topliss-reactive ketones (excluding diaryl/α,β-unsaturated/α-hetero) is 2. The number of ketones is 2. The van der Waals surface area contributed by atoms with Crippen molar-refractivity contribution in [1.82, 2.24) is 0 Å². The van der Waals surface area contributed by atoms with E-state index in [1.165, 1.54) is 13.8 Å². The third-order valence-corrected chi connectivity index (χ3v) is 5.00. The molecule has 29 heavy (non-hydrogen) atoms. The number of aliphatic hydroxyl groups is 1. The lowest BCUT2D eigenvalue weighted by Crippen LogP contribution is -2.31. The maximum Gasteiger partial charge on any atom is 0.193 e. The van der Waals surface area contributed by atoms with Gasteiger partial charge in [0.25, 0.3) is 0 Å². The highest BCUT2D eigenvalue weighted by atomic mass is 16.5. The van der Waals surface area contributed by atoms with Crippen molar-refractivity contribution in [3.05, 3.63) is 89.5 Å².